The number of sulfonamides is 1. The van der Waals surface area contributed by atoms with Crippen LogP contribution in [0.1, 0.15) is 11.1 Å². The molecule has 1 amide bonds. The van der Waals surface area contributed by atoms with E-state index in [0.717, 1.165) is 11.3 Å². The molecule has 2 aromatic heterocycles. The van der Waals surface area contributed by atoms with Crippen molar-refractivity contribution in [2.24, 2.45) is 0 Å². The second-order valence-corrected chi connectivity index (χ2v) is 9.42. The van der Waals surface area contributed by atoms with Gasteiger partial charge in [-0.15, -0.1) is 11.3 Å². The number of anilines is 1. The molecule has 0 fully saturated rings. The van der Waals surface area contributed by atoms with Crippen molar-refractivity contribution in [1.82, 2.24) is 10.3 Å². The van der Waals surface area contributed by atoms with Gasteiger partial charge in [0.2, 0.25) is 11.8 Å². The lowest BCUT2D eigenvalue weighted by Crippen LogP contribution is -2.25. The van der Waals surface area contributed by atoms with Crippen LogP contribution in [0.25, 0.3) is 0 Å². The monoisotopic (exact) mass is 485 g/mol. The highest BCUT2D eigenvalue weighted by molar-refractivity contribution is 7.94. The predicted molar refractivity (Wildman–Crippen MR) is 113 cm³/mol. The van der Waals surface area contributed by atoms with Gasteiger partial charge in [0.25, 0.3) is 10.0 Å². The molecule has 0 saturated carbocycles. The highest BCUT2D eigenvalue weighted by Crippen LogP contribution is 2.21. The van der Waals surface area contributed by atoms with Gasteiger partial charge in [-0.05, 0) is 35.2 Å². The molecule has 0 aliphatic carbocycles. The number of nitrogens with one attached hydrogen (secondary N) is 2. The smallest absolute Gasteiger partial charge is 0.422 e. The summed E-state index contributed by atoms with van der Waals surface area (Å²) in [6.07, 6.45) is -3.20. The van der Waals surface area contributed by atoms with Crippen molar-refractivity contribution in [2.75, 3.05) is 11.3 Å². The average Bonchev–Trinajstić information content (AvgIpc) is 3.28. The van der Waals surface area contributed by atoms with Crippen LogP contribution in [0.2, 0.25) is 0 Å². The van der Waals surface area contributed by atoms with E-state index in [0.29, 0.717) is 16.8 Å². The Hall–Kier alpha value is -3.12. The molecule has 170 valence electrons. The molecule has 3 aromatic rings. The zero-order valence-electron chi connectivity index (χ0n) is 16.4. The van der Waals surface area contributed by atoms with Gasteiger partial charge < -0.3 is 10.1 Å². The van der Waals surface area contributed by atoms with Crippen LogP contribution in [-0.2, 0) is 27.8 Å². The molecule has 0 bridgehead atoms. The lowest BCUT2D eigenvalue weighted by atomic mass is 10.1. The molecule has 0 atom stereocenters. The molecule has 0 aliphatic rings. The van der Waals surface area contributed by atoms with Crippen molar-refractivity contribution in [2.45, 2.75) is 23.4 Å². The number of carbonyl (C=O) groups excluding carboxylic acids is 1. The first-order valence-corrected chi connectivity index (χ1v) is 11.5. The van der Waals surface area contributed by atoms with Crippen molar-refractivity contribution >= 4 is 33.0 Å². The number of rotatable bonds is 9. The lowest BCUT2D eigenvalue weighted by Gasteiger charge is -2.12. The maximum Gasteiger partial charge on any atom is 0.422 e. The van der Waals surface area contributed by atoms with Gasteiger partial charge in [-0.3, -0.25) is 9.52 Å². The fraction of sp³-hybridized carbons (Fsp3) is 0.200. The van der Waals surface area contributed by atoms with E-state index in [1.54, 1.807) is 23.6 Å². The van der Waals surface area contributed by atoms with E-state index in [-0.39, 0.29) is 29.0 Å². The number of aromatic nitrogens is 1. The topological polar surface area (TPSA) is 97.4 Å². The van der Waals surface area contributed by atoms with Crippen LogP contribution < -0.4 is 14.8 Å². The number of hydrogen-bond acceptors (Lipinski definition) is 6. The second-order valence-electron chi connectivity index (χ2n) is 6.56. The molecule has 2 heterocycles. The van der Waals surface area contributed by atoms with Gasteiger partial charge >= 0.3 is 6.18 Å². The number of hydrogen-bond donors (Lipinski definition) is 2. The van der Waals surface area contributed by atoms with Crippen molar-refractivity contribution in [3.8, 4) is 5.88 Å². The van der Waals surface area contributed by atoms with E-state index >= 15 is 0 Å². The fourth-order valence-electron chi connectivity index (χ4n) is 2.59. The highest BCUT2D eigenvalue weighted by atomic mass is 32.2. The summed E-state index contributed by atoms with van der Waals surface area (Å²) < 4.78 is 68.9. The van der Waals surface area contributed by atoms with Crippen molar-refractivity contribution in [3.63, 3.8) is 0 Å². The van der Waals surface area contributed by atoms with Crippen LogP contribution in [0.3, 0.4) is 0 Å². The van der Waals surface area contributed by atoms with Crippen LogP contribution in [0.15, 0.2) is 64.3 Å². The molecular weight excluding hydrogens is 467 g/mol. The first-order chi connectivity index (χ1) is 15.1. The minimum atomic E-state index is -4.50. The summed E-state index contributed by atoms with van der Waals surface area (Å²) in [7, 11) is -3.66. The molecular formula is C20H18F3N3O4S2. The maximum atomic E-state index is 12.4. The van der Waals surface area contributed by atoms with E-state index in [1.165, 1.54) is 36.5 Å². The van der Waals surface area contributed by atoms with E-state index in [4.69, 9.17) is 0 Å². The number of ether oxygens (including phenoxy) is 1. The third kappa shape index (κ3) is 6.95. The molecule has 7 nitrogen and oxygen atoms in total. The Morgan fingerprint density at radius 1 is 1.09 bits per heavy atom. The molecule has 0 spiro atoms. The largest absolute Gasteiger partial charge is 0.468 e. The highest BCUT2D eigenvalue weighted by Gasteiger charge is 2.29. The molecule has 0 radical (unpaired) electrons. The quantitative estimate of drug-likeness (QED) is 0.481. The van der Waals surface area contributed by atoms with Crippen molar-refractivity contribution in [1.29, 1.82) is 0 Å². The minimum absolute atomic E-state index is 0.00302. The van der Waals surface area contributed by atoms with E-state index in [9.17, 15) is 26.4 Å². The van der Waals surface area contributed by atoms with Crippen LogP contribution in [0, 0.1) is 0 Å². The molecule has 2 N–H and O–H groups in total. The lowest BCUT2D eigenvalue weighted by molar-refractivity contribution is -0.154. The third-order valence-electron chi connectivity index (χ3n) is 4.03. The zero-order chi connectivity index (χ0) is 23.2. The van der Waals surface area contributed by atoms with E-state index in [2.05, 4.69) is 19.8 Å². The van der Waals surface area contributed by atoms with Crippen LogP contribution in [0.5, 0.6) is 5.88 Å². The van der Waals surface area contributed by atoms with Crippen molar-refractivity contribution < 1.29 is 31.1 Å². The molecule has 1 aromatic carbocycles. The normalized spacial score (nSPS) is 11.7. The van der Waals surface area contributed by atoms with Gasteiger partial charge in [-0.2, -0.15) is 13.2 Å². The van der Waals surface area contributed by atoms with Crippen molar-refractivity contribution in [3.05, 3.63) is 71.2 Å². The minimum Gasteiger partial charge on any atom is -0.468 e. The first kappa shape index (κ1) is 23.5. The number of halogens is 3. The summed E-state index contributed by atoms with van der Waals surface area (Å²) >= 11 is 1.10. The van der Waals surface area contributed by atoms with Crippen LogP contribution in [0.4, 0.5) is 18.9 Å². The van der Waals surface area contributed by atoms with Gasteiger partial charge in [0, 0.05) is 24.0 Å². The number of amides is 1. The summed E-state index contributed by atoms with van der Waals surface area (Å²) in [5.74, 6) is -0.574. The van der Waals surface area contributed by atoms with Gasteiger partial charge in [0.05, 0.1) is 6.42 Å². The Bertz CT molecular complexity index is 1150. The van der Waals surface area contributed by atoms with E-state index < -0.39 is 22.8 Å². The molecule has 32 heavy (non-hydrogen) atoms. The molecule has 3 rings (SSSR count). The molecule has 0 aliphatic heterocycles. The maximum absolute atomic E-state index is 12.4. The Morgan fingerprint density at radius 3 is 2.50 bits per heavy atom. The fourth-order valence-corrected chi connectivity index (χ4v) is 4.64. The Kier molecular flexibility index (Phi) is 7.36. The van der Waals surface area contributed by atoms with Gasteiger partial charge in [0.1, 0.15) is 4.21 Å². The summed E-state index contributed by atoms with van der Waals surface area (Å²) in [6.45, 7) is -1.54. The summed E-state index contributed by atoms with van der Waals surface area (Å²) in [6, 6.07) is 12.5. The molecule has 0 saturated heterocycles. The van der Waals surface area contributed by atoms with Crippen LogP contribution in [-0.4, -0.2) is 32.1 Å². The number of carbonyl (C=O) groups is 1. The second kappa shape index (κ2) is 10.0. The molecule has 0 unspecified atom stereocenters. The summed E-state index contributed by atoms with van der Waals surface area (Å²) in [5.41, 5.74) is 1.29. The molecule has 12 heteroatoms. The Labute approximate surface area is 186 Å². The number of benzene rings is 1. The summed E-state index contributed by atoms with van der Waals surface area (Å²) in [4.78, 5) is 16.0. The standard InChI is InChI=1S/C20H18F3N3O4S2/c21-20(22,23)13-30-19-15(3-1-9-24-19)12-25-17(27)11-14-5-7-16(8-6-14)26-32(28,29)18-4-2-10-31-18/h1-10,26H,11-13H2,(H,25,27). The SMILES string of the molecule is O=C(Cc1ccc(NS(=O)(=O)c2cccs2)cc1)NCc1cccnc1OCC(F)(F)F. The Morgan fingerprint density at radius 2 is 1.84 bits per heavy atom. The average molecular weight is 486 g/mol. The summed E-state index contributed by atoms with van der Waals surface area (Å²) in [5, 5.41) is 4.27. The zero-order valence-corrected chi connectivity index (χ0v) is 18.1. The predicted octanol–water partition coefficient (Wildman–Crippen LogP) is 3.74. The van der Waals surface area contributed by atoms with E-state index in [1.807, 2.05) is 0 Å². The van der Waals surface area contributed by atoms with Gasteiger partial charge in [-0.1, -0.05) is 24.3 Å². The number of alkyl halides is 3. The number of pyridine rings is 1. The third-order valence-corrected chi connectivity index (χ3v) is 6.81. The Balaban J connectivity index is 1.54. The van der Waals surface area contributed by atoms with Gasteiger partial charge in [-0.25, -0.2) is 13.4 Å². The number of nitrogens with zero attached hydrogens (tertiary/aromatic N) is 1. The van der Waals surface area contributed by atoms with Gasteiger partial charge in [0.15, 0.2) is 6.61 Å². The number of thiophene rings is 1. The first-order valence-electron chi connectivity index (χ1n) is 9.18. The van der Waals surface area contributed by atoms with Crippen LogP contribution >= 0.6 is 11.3 Å².